The molecule has 7 nitrogen and oxygen atoms in total. The highest BCUT2D eigenvalue weighted by Gasteiger charge is 2.38. The second kappa shape index (κ2) is 5.44. The number of hydrogen-bond donors (Lipinski definition) is 1. The molecule has 1 N–H and O–H groups in total. The van der Waals surface area contributed by atoms with Crippen LogP contribution in [-0.4, -0.2) is 54.4 Å². The summed E-state index contributed by atoms with van der Waals surface area (Å²) in [6, 6.07) is 1.60. The Morgan fingerprint density at radius 3 is 2.80 bits per heavy atom. The fraction of sp³-hybridized carbons (Fsp3) is 0.750. The van der Waals surface area contributed by atoms with Crippen molar-refractivity contribution in [3.8, 4) is 0 Å². The zero-order valence-electron chi connectivity index (χ0n) is 11.9. The van der Waals surface area contributed by atoms with E-state index in [0.717, 1.165) is 0 Å². The summed E-state index contributed by atoms with van der Waals surface area (Å²) in [6.45, 7) is 5.51. The Labute approximate surface area is 118 Å². The summed E-state index contributed by atoms with van der Waals surface area (Å²) in [5.74, 6) is 0.365. The van der Waals surface area contributed by atoms with E-state index in [0.29, 0.717) is 11.5 Å². The molecule has 2 heterocycles. The van der Waals surface area contributed by atoms with Crippen LogP contribution in [0.2, 0.25) is 0 Å². The summed E-state index contributed by atoms with van der Waals surface area (Å²) < 4.78 is 36.7. The van der Waals surface area contributed by atoms with Crippen molar-refractivity contribution in [3.63, 3.8) is 0 Å². The van der Waals surface area contributed by atoms with Crippen molar-refractivity contribution in [2.75, 3.05) is 19.7 Å². The van der Waals surface area contributed by atoms with Gasteiger partial charge in [-0.2, -0.15) is 4.31 Å². The summed E-state index contributed by atoms with van der Waals surface area (Å²) in [6.07, 6.45) is -0.507. The average molecular weight is 304 g/mol. The number of morpholine rings is 1. The van der Waals surface area contributed by atoms with Crippen molar-refractivity contribution in [1.29, 1.82) is 0 Å². The Morgan fingerprint density at radius 1 is 1.55 bits per heavy atom. The standard InChI is InChI=1S/C12H20N2O5S/c1-9-4-10(13-19-9)7-20(16,17)14-5-11(6-15)18-12(2,3)8-14/h4,11,15H,5-8H2,1-3H3. The number of ether oxygens (including phenoxy) is 1. The normalized spacial score (nSPS) is 23.9. The van der Waals surface area contributed by atoms with E-state index in [1.54, 1.807) is 26.8 Å². The Kier molecular flexibility index (Phi) is 4.19. The predicted octanol–water partition coefficient (Wildman–Crippen LogP) is 0.285. The number of aliphatic hydroxyl groups is 1. The lowest BCUT2D eigenvalue weighted by Gasteiger charge is -2.41. The molecule has 1 atom stereocenters. The number of aryl methyl sites for hydroxylation is 1. The Morgan fingerprint density at radius 2 is 2.25 bits per heavy atom. The minimum atomic E-state index is -3.52. The lowest BCUT2D eigenvalue weighted by molar-refractivity contribution is -0.131. The summed E-state index contributed by atoms with van der Waals surface area (Å²) in [5, 5.41) is 12.9. The van der Waals surface area contributed by atoms with Crippen molar-refractivity contribution in [2.45, 2.75) is 38.2 Å². The van der Waals surface area contributed by atoms with E-state index in [-0.39, 0.29) is 25.4 Å². The molecule has 8 heteroatoms. The molecule has 0 spiro atoms. The monoisotopic (exact) mass is 304 g/mol. The third-order valence-corrected chi connectivity index (χ3v) is 4.78. The van der Waals surface area contributed by atoms with E-state index in [4.69, 9.17) is 9.26 Å². The van der Waals surface area contributed by atoms with Crippen LogP contribution in [0, 0.1) is 6.92 Å². The van der Waals surface area contributed by atoms with E-state index in [9.17, 15) is 13.5 Å². The number of rotatable bonds is 4. The van der Waals surface area contributed by atoms with Gasteiger partial charge in [0.1, 0.15) is 17.2 Å². The zero-order valence-corrected chi connectivity index (χ0v) is 12.7. The van der Waals surface area contributed by atoms with Gasteiger partial charge in [0.2, 0.25) is 10.0 Å². The highest BCUT2D eigenvalue weighted by Crippen LogP contribution is 2.24. The molecule has 0 aromatic carbocycles. The third kappa shape index (κ3) is 3.57. The molecule has 2 rings (SSSR count). The largest absolute Gasteiger partial charge is 0.394 e. The van der Waals surface area contributed by atoms with Gasteiger partial charge in [-0.15, -0.1) is 0 Å². The molecule has 1 aliphatic heterocycles. The zero-order chi connectivity index (χ0) is 15.0. The quantitative estimate of drug-likeness (QED) is 0.859. The third-order valence-electron chi connectivity index (χ3n) is 3.05. The molecule has 0 saturated carbocycles. The number of sulfonamides is 1. The molecular formula is C12H20N2O5S. The Bertz CT molecular complexity index is 566. The van der Waals surface area contributed by atoms with E-state index in [2.05, 4.69) is 5.16 Å². The SMILES string of the molecule is Cc1cc(CS(=O)(=O)N2CC(CO)OC(C)(C)C2)no1. The topological polar surface area (TPSA) is 92.9 Å². The van der Waals surface area contributed by atoms with Crippen LogP contribution in [0.15, 0.2) is 10.6 Å². The second-order valence-electron chi connectivity index (χ2n) is 5.66. The van der Waals surface area contributed by atoms with Crippen LogP contribution >= 0.6 is 0 Å². The van der Waals surface area contributed by atoms with Crippen LogP contribution in [0.4, 0.5) is 0 Å². The van der Waals surface area contributed by atoms with Gasteiger partial charge in [0.15, 0.2) is 0 Å². The van der Waals surface area contributed by atoms with Crippen LogP contribution in [-0.2, 0) is 20.5 Å². The van der Waals surface area contributed by atoms with Crippen molar-refractivity contribution in [2.24, 2.45) is 0 Å². The number of aromatic nitrogens is 1. The summed E-state index contributed by atoms with van der Waals surface area (Å²) in [5.41, 5.74) is -0.245. The number of hydrogen-bond acceptors (Lipinski definition) is 6. The first-order valence-electron chi connectivity index (χ1n) is 6.40. The molecule has 1 aromatic heterocycles. The molecule has 1 unspecified atom stereocenters. The van der Waals surface area contributed by atoms with Gasteiger partial charge in [0, 0.05) is 19.2 Å². The van der Waals surface area contributed by atoms with Gasteiger partial charge in [0.25, 0.3) is 0 Å². The minimum Gasteiger partial charge on any atom is -0.394 e. The first kappa shape index (κ1) is 15.4. The smallest absolute Gasteiger partial charge is 0.220 e. The lowest BCUT2D eigenvalue weighted by atomic mass is 10.1. The molecule has 1 aromatic rings. The highest BCUT2D eigenvalue weighted by atomic mass is 32.2. The first-order valence-corrected chi connectivity index (χ1v) is 8.01. The molecule has 0 amide bonds. The average Bonchev–Trinajstić information content (AvgIpc) is 2.71. The van der Waals surface area contributed by atoms with Crippen LogP contribution in [0.25, 0.3) is 0 Å². The van der Waals surface area contributed by atoms with Crippen LogP contribution < -0.4 is 0 Å². The van der Waals surface area contributed by atoms with Gasteiger partial charge in [-0.05, 0) is 20.8 Å². The maximum absolute atomic E-state index is 12.4. The number of nitrogens with zero attached hydrogens (tertiary/aromatic N) is 2. The van der Waals surface area contributed by atoms with Crippen molar-refractivity contribution < 1.29 is 22.8 Å². The van der Waals surface area contributed by atoms with Crippen LogP contribution in [0.1, 0.15) is 25.3 Å². The summed E-state index contributed by atoms with van der Waals surface area (Å²) >= 11 is 0. The molecule has 20 heavy (non-hydrogen) atoms. The predicted molar refractivity (Wildman–Crippen MR) is 71.5 cm³/mol. The number of aliphatic hydroxyl groups excluding tert-OH is 1. The molecule has 0 bridgehead atoms. The summed E-state index contributed by atoms with van der Waals surface area (Å²) in [4.78, 5) is 0. The van der Waals surface area contributed by atoms with Gasteiger partial charge < -0.3 is 14.4 Å². The van der Waals surface area contributed by atoms with Crippen molar-refractivity contribution >= 4 is 10.0 Å². The van der Waals surface area contributed by atoms with Gasteiger partial charge >= 0.3 is 0 Å². The van der Waals surface area contributed by atoms with Crippen LogP contribution in [0.5, 0.6) is 0 Å². The fourth-order valence-corrected chi connectivity index (χ4v) is 3.91. The first-order chi connectivity index (χ1) is 9.22. The molecule has 1 fully saturated rings. The van der Waals surface area contributed by atoms with E-state index in [1.807, 2.05) is 0 Å². The van der Waals surface area contributed by atoms with Gasteiger partial charge in [-0.1, -0.05) is 5.16 Å². The molecule has 114 valence electrons. The highest BCUT2D eigenvalue weighted by molar-refractivity contribution is 7.88. The summed E-state index contributed by atoms with van der Waals surface area (Å²) in [7, 11) is -3.52. The van der Waals surface area contributed by atoms with E-state index < -0.39 is 21.7 Å². The second-order valence-corrected chi connectivity index (χ2v) is 7.63. The fourth-order valence-electron chi connectivity index (χ4n) is 2.31. The molecule has 1 saturated heterocycles. The van der Waals surface area contributed by atoms with Gasteiger partial charge in [-0.3, -0.25) is 0 Å². The minimum absolute atomic E-state index is 0.152. The van der Waals surface area contributed by atoms with Gasteiger partial charge in [-0.25, -0.2) is 8.42 Å². The molecule has 0 aliphatic carbocycles. The molecule has 1 aliphatic rings. The van der Waals surface area contributed by atoms with Crippen molar-refractivity contribution in [3.05, 3.63) is 17.5 Å². The van der Waals surface area contributed by atoms with Crippen LogP contribution in [0.3, 0.4) is 0 Å². The van der Waals surface area contributed by atoms with E-state index in [1.165, 1.54) is 4.31 Å². The lowest BCUT2D eigenvalue weighted by Crippen LogP contribution is -2.55. The molecule has 0 radical (unpaired) electrons. The Balaban J connectivity index is 2.15. The van der Waals surface area contributed by atoms with E-state index >= 15 is 0 Å². The Hall–Kier alpha value is -0.960. The van der Waals surface area contributed by atoms with Gasteiger partial charge in [0.05, 0.1) is 18.3 Å². The maximum Gasteiger partial charge on any atom is 0.220 e. The maximum atomic E-state index is 12.4. The van der Waals surface area contributed by atoms with Crippen molar-refractivity contribution in [1.82, 2.24) is 9.46 Å². The molecular weight excluding hydrogens is 284 g/mol.